The van der Waals surface area contributed by atoms with E-state index >= 15 is 0 Å². The SMILES string of the molecule is CCCCNC(=O)[C@H](CC)N(Cc1ccc(F)cc1)C(=O)CN(c1cccc(C)c1)S(=O)(=O)c1ccc(Cl)cc1. The highest BCUT2D eigenvalue weighted by molar-refractivity contribution is 7.92. The first-order valence-electron chi connectivity index (χ1n) is 13.2. The lowest BCUT2D eigenvalue weighted by molar-refractivity contribution is -0.140. The maximum Gasteiger partial charge on any atom is 0.264 e. The summed E-state index contributed by atoms with van der Waals surface area (Å²) in [6.07, 6.45) is 1.98. The Balaban J connectivity index is 2.03. The highest BCUT2D eigenvalue weighted by Crippen LogP contribution is 2.26. The monoisotopic (exact) mass is 587 g/mol. The zero-order valence-electron chi connectivity index (χ0n) is 22.9. The lowest BCUT2D eigenvalue weighted by Crippen LogP contribution is -2.52. The summed E-state index contributed by atoms with van der Waals surface area (Å²) in [4.78, 5) is 28.5. The normalized spacial score (nSPS) is 12.0. The van der Waals surface area contributed by atoms with Gasteiger partial charge in [0.15, 0.2) is 0 Å². The van der Waals surface area contributed by atoms with E-state index in [2.05, 4.69) is 5.32 Å². The predicted molar refractivity (Wildman–Crippen MR) is 156 cm³/mol. The van der Waals surface area contributed by atoms with Crippen LogP contribution in [0.25, 0.3) is 0 Å². The van der Waals surface area contributed by atoms with Crippen molar-refractivity contribution < 1.29 is 22.4 Å². The summed E-state index contributed by atoms with van der Waals surface area (Å²) in [5.74, 6) is -1.32. The number of unbranched alkanes of at least 4 members (excludes halogenated alkanes) is 1. The van der Waals surface area contributed by atoms with Crippen LogP contribution in [0.15, 0.2) is 77.7 Å². The molecule has 1 N–H and O–H groups in total. The van der Waals surface area contributed by atoms with Crippen molar-refractivity contribution in [3.05, 3.63) is 94.8 Å². The van der Waals surface area contributed by atoms with E-state index in [0.29, 0.717) is 29.2 Å². The van der Waals surface area contributed by atoms with Gasteiger partial charge in [0, 0.05) is 18.1 Å². The molecule has 0 bridgehead atoms. The van der Waals surface area contributed by atoms with Gasteiger partial charge >= 0.3 is 0 Å². The van der Waals surface area contributed by atoms with E-state index in [1.54, 1.807) is 37.3 Å². The molecule has 0 saturated carbocycles. The summed E-state index contributed by atoms with van der Waals surface area (Å²) in [5.41, 5.74) is 1.73. The average Bonchev–Trinajstić information content (AvgIpc) is 2.93. The third kappa shape index (κ3) is 8.05. The van der Waals surface area contributed by atoms with Crippen LogP contribution < -0.4 is 9.62 Å². The Morgan fingerprint density at radius 2 is 1.68 bits per heavy atom. The lowest BCUT2D eigenvalue weighted by Gasteiger charge is -2.33. The molecule has 0 spiro atoms. The Morgan fingerprint density at radius 1 is 1.00 bits per heavy atom. The van der Waals surface area contributed by atoms with Crippen molar-refractivity contribution in [1.29, 1.82) is 0 Å². The van der Waals surface area contributed by atoms with Gasteiger partial charge in [-0.3, -0.25) is 13.9 Å². The minimum absolute atomic E-state index is 0.00146. The molecular weight excluding hydrogens is 553 g/mol. The van der Waals surface area contributed by atoms with Crippen LogP contribution in [0.3, 0.4) is 0 Å². The summed E-state index contributed by atoms with van der Waals surface area (Å²) in [5, 5.41) is 3.26. The topological polar surface area (TPSA) is 86.8 Å². The first-order valence-corrected chi connectivity index (χ1v) is 15.0. The van der Waals surface area contributed by atoms with Crippen molar-refractivity contribution in [2.75, 3.05) is 17.4 Å². The van der Waals surface area contributed by atoms with E-state index in [-0.39, 0.29) is 17.3 Å². The second-order valence-corrected chi connectivity index (χ2v) is 11.8. The molecule has 0 aromatic heterocycles. The van der Waals surface area contributed by atoms with Crippen molar-refractivity contribution in [2.45, 2.75) is 57.5 Å². The summed E-state index contributed by atoms with van der Waals surface area (Å²) < 4.78 is 42.3. The molecule has 0 heterocycles. The molecule has 0 saturated heterocycles. The third-order valence-corrected chi connectivity index (χ3v) is 8.49. The van der Waals surface area contributed by atoms with Gasteiger partial charge in [0.1, 0.15) is 18.4 Å². The number of nitrogens with one attached hydrogen (secondary N) is 1. The Morgan fingerprint density at radius 3 is 2.27 bits per heavy atom. The fourth-order valence-electron chi connectivity index (χ4n) is 4.26. The van der Waals surface area contributed by atoms with Crippen molar-refractivity contribution in [1.82, 2.24) is 10.2 Å². The third-order valence-electron chi connectivity index (χ3n) is 6.45. The zero-order chi connectivity index (χ0) is 29.3. The molecule has 214 valence electrons. The molecule has 7 nitrogen and oxygen atoms in total. The summed E-state index contributed by atoms with van der Waals surface area (Å²) >= 11 is 5.99. The molecule has 40 heavy (non-hydrogen) atoms. The van der Waals surface area contributed by atoms with E-state index in [4.69, 9.17) is 11.6 Å². The minimum atomic E-state index is -4.19. The summed E-state index contributed by atoms with van der Waals surface area (Å²) in [6.45, 7) is 5.54. The fraction of sp³-hybridized carbons (Fsp3) is 0.333. The summed E-state index contributed by atoms with van der Waals surface area (Å²) in [7, 11) is -4.19. The molecule has 0 aliphatic carbocycles. The van der Waals surface area contributed by atoms with Gasteiger partial charge in [-0.15, -0.1) is 0 Å². The number of hydrogen-bond acceptors (Lipinski definition) is 4. The average molecular weight is 588 g/mol. The highest BCUT2D eigenvalue weighted by Gasteiger charge is 2.33. The van der Waals surface area contributed by atoms with Gasteiger partial charge in [-0.25, -0.2) is 12.8 Å². The standard InChI is InChI=1S/C30H35ClFN3O4S/c1-4-6-18-33-30(37)28(5-2)34(20-23-10-14-25(32)15-11-23)29(36)21-35(26-9-7-8-22(3)19-26)40(38,39)27-16-12-24(31)13-17-27/h7-17,19,28H,4-6,18,20-21H2,1-3H3,(H,33,37)/t28-/m0/s1. The quantitative estimate of drug-likeness (QED) is 0.260. The molecule has 0 fully saturated rings. The number of amides is 2. The Kier molecular flexibility index (Phi) is 11.1. The van der Waals surface area contributed by atoms with Crippen molar-refractivity contribution in [2.24, 2.45) is 0 Å². The predicted octanol–water partition coefficient (Wildman–Crippen LogP) is 5.71. The highest BCUT2D eigenvalue weighted by atomic mass is 35.5. The Labute approximate surface area is 241 Å². The zero-order valence-corrected chi connectivity index (χ0v) is 24.5. The van der Waals surface area contributed by atoms with Gasteiger partial charge in [-0.2, -0.15) is 0 Å². The molecule has 1 atom stereocenters. The Bertz CT molecular complexity index is 1400. The van der Waals surface area contributed by atoms with Gasteiger partial charge in [0.25, 0.3) is 10.0 Å². The molecule has 2 amide bonds. The van der Waals surface area contributed by atoms with E-state index in [9.17, 15) is 22.4 Å². The van der Waals surface area contributed by atoms with Crippen LogP contribution in [0, 0.1) is 12.7 Å². The number of halogens is 2. The number of anilines is 1. The molecular formula is C30H35ClFN3O4S. The van der Waals surface area contributed by atoms with Gasteiger partial charge < -0.3 is 10.2 Å². The van der Waals surface area contributed by atoms with Gasteiger partial charge in [0.05, 0.1) is 10.6 Å². The first kappa shape index (κ1) is 31.1. The second kappa shape index (κ2) is 14.3. The number of carbonyl (C=O) groups is 2. The fourth-order valence-corrected chi connectivity index (χ4v) is 5.79. The van der Waals surface area contributed by atoms with Crippen molar-refractivity contribution in [3.63, 3.8) is 0 Å². The minimum Gasteiger partial charge on any atom is -0.354 e. The summed E-state index contributed by atoms with van der Waals surface area (Å²) in [6, 6.07) is 17.3. The van der Waals surface area contributed by atoms with Crippen LogP contribution in [-0.2, 0) is 26.2 Å². The maximum absolute atomic E-state index is 14.0. The largest absolute Gasteiger partial charge is 0.354 e. The lowest BCUT2D eigenvalue weighted by atomic mass is 10.1. The van der Waals surface area contributed by atoms with Gasteiger partial charge in [-0.05, 0) is 79.4 Å². The molecule has 3 aromatic rings. The van der Waals surface area contributed by atoms with E-state index in [1.165, 1.54) is 41.3 Å². The maximum atomic E-state index is 14.0. The molecule has 3 rings (SSSR count). The van der Waals surface area contributed by atoms with Crippen LogP contribution in [0.5, 0.6) is 0 Å². The molecule has 0 aliphatic heterocycles. The molecule has 10 heteroatoms. The van der Waals surface area contributed by atoms with Crippen LogP contribution in [0.4, 0.5) is 10.1 Å². The van der Waals surface area contributed by atoms with E-state index in [0.717, 1.165) is 22.7 Å². The second-order valence-electron chi connectivity index (χ2n) is 9.52. The van der Waals surface area contributed by atoms with Gasteiger partial charge in [-0.1, -0.05) is 56.1 Å². The number of aryl methyl sites for hydroxylation is 1. The first-order chi connectivity index (χ1) is 19.1. The van der Waals surface area contributed by atoms with E-state index < -0.39 is 34.3 Å². The molecule has 3 aromatic carbocycles. The number of nitrogens with zero attached hydrogens (tertiary/aromatic N) is 2. The smallest absolute Gasteiger partial charge is 0.264 e. The van der Waals surface area contributed by atoms with Crippen LogP contribution >= 0.6 is 11.6 Å². The van der Waals surface area contributed by atoms with Gasteiger partial charge in [0.2, 0.25) is 11.8 Å². The molecule has 0 aliphatic rings. The number of rotatable bonds is 13. The van der Waals surface area contributed by atoms with Crippen LogP contribution in [-0.4, -0.2) is 44.3 Å². The number of benzene rings is 3. The molecule has 0 unspecified atom stereocenters. The van der Waals surface area contributed by atoms with Crippen LogP contribution in [0.2, 0.25) is 5.02 Å². The Hall–Kier alpha value is -3.43. The van der Waals surface area contributed by atoms with E-state index in [1.807, 2.05) is 19.9 Å². The van der Waals surface area contributed by atoms with Crippen LogP contribution in [0.1, 0.15) is 44.2 Å². The molecule has 0 radical (unpaired) electrons. The number of hydrogen-bond donors (Lipinski definition) is 1. The van der Waals surface area contributed by atoms with Crippen molar-refractivity contribution >= 4 is 39.1 Å². The van der Waals surface area contributed by atoms with Crippen molar-refractivity contribution in [3.8, 4) is 0 Å². The number of carbonyl (C=O) groups excluding carboxylic acids is 2. The number of sulfonamides is 1.